The van der Waals surface area contributed by atoms with Gasteiger partial charge in [0.15, 0.2) is 5.82 Å². The number of aromatic nitrogens is 7. The van der Waals surface area contributed by atoms with Crippen molar-refractivity contribution in [3.63, 3.8) is 0 Å². The van der Waals surface area contributed by atoms with Crippen LogP contribution in [0, 0.1) is 6.92 Å². The Balaban J connectivity index is 1.54. The molecule has 6 rings (SSSR count). The highest BCUT2D eigenvalue weighted by Gasteiger charge is 2.23. The van der Waals surface area contributed by atoms with Crippen LogP contribution in [0.15, 0.2) is 82.6 Å². The van der Waals surface area contributed by atoms with Gasteiger partial charge in [0.1, 0.15) is 23.5 Å². The van der Waals surface area contributed by atoms with E-state index in [0.717, 1.165) is 27.9 Å². The van der Waals surface area contributed by atoms with E-state index in [1.165, 1.54) is 6.33 Å². The van der Waals surface area contributed by atoms with Crippen LogP contribution in [0.2, 0.25) is 0 Å². The molecule has 0 radical (unpaired) electrons. The number of fused-ring (bicyclic) bond motifs is 1. The third kappa shape index (κ3) is 4.29. The van der Waals surface area contributed by atoms with Gasteiger partial charge in [0.05, 0.1) is 17.6 Å². The molecule has 0 fully saturated rings. The first-order valence-electron chi connectivity index (χ1n) is 12.3. The van der Waals surface area contributed by atoms with Gasteiger partial charge in [-0.25, -0.2) is 9.97 Å². The highest BCUT2D eigenvalue weighted by molar-refractivity contribution is 5.96. The van der Waals surface area contributed by atoms with Crippen LogP contribution in [-0.2, 0) is 7.05 Å². The third-order valence-electron chi connectivity index (χ3n) is 6.52. The fraction of sp³-hybridized carbons (Fsp3) is 0.143. The lowest BCUT2D eigenvalue weighted by atomic mass is 9.99. The Bertz CT molecular complexity index is 1870. The molecule has 0 spiro atoms. The number of anilines is 2. The van der Waals surface area contributed by atoms with Crippen LogP contribution in [-0.4, -0.2) is 34.5 Å². The summed E-state index contributed by atoms with van der Waals surface area (Å²) in [5.41, 5.74) is 9.61. The van der Waals surface area contributed by atoms with Crippen LogP contribution in [0.1, 0.15) is 24.5 Å². The summed E-state index contributed by atoms with van der Waals surface area (Å²) in [6, 6.07) is 17.0. The lowest BCUT2D eigenvalue weighted by molar-refractivity contribution is 0.425. The molecule has 0 aliphatic heterocycles. The van der Waals surface area contributed by atoms with E-state index in [1.54, 1.807) is 22.4 Å². The first kappa shape index (κ1) is 24.0. The van der Waals surface area contributed by atoms with Crippen molar-refractivity contribution in [3.05, 3.63) is 95.2 Å². The highest BCUT2D eigenvalue weighted by atomic mass is 16.5. The second-order valence-corrected chi connectivity index (χ2v) is 9.21. The number of nitrogen functional groups attached to an aromatic ring is 1. The van der Waals surface area contributed by atoms with Gasteiger partial charge in [-0.2, -0.15) is 10.1 Å². The fourth-order valence-electron chi connectivity index (χ4n) is 4.74. The second-order valence-electron chi connectivity index (χ2n) is 9.21. The highest BCUT2D eigenvalue weighted by Crippen LogP contribution is 2.33. The van der Waals surface area contributed by atoms with Crippen molar-refractivity contribution < 1.29 is 4.52 Å². The topological polar surface area (TPSA) is 143 Å². The Hall–Kier alpha value is -5.32. The summed E-state index contributed by atoms with van der Waals surface area (Å²) in [4.78, 5) is 27.1. The van der Waals surface area contributed by atoms with Gasteiger partial charge in [0.2, 0.25) is 0 Å². The van der Waals surface area contributed by atoms with Gasteiger partial charge in [-0.1, -0.05) is 41.6 Å². The normalized spacial score (nSPS) is 12.1. The van der Waals surface area contributed by atoms with E-state index in [2.05, 4.69) is 30.5 Å². The van der Waals surface area contributed by atoms with Crippen molar-refractivity contribution in [2.45, 2.75) is 19.9 Å². The Morgan fingerprint density at radius 2 is 1.90 bits per heavy atom. The molecule has 1 atom stereocenters. The lowest BCUT2D eigenvalue weighted by Gasteiger charge is -2.22. The molecule has 3 N–H and O–H groups in total. The minimum atomic E-state index is -0.388. The van der Waals surface area contributed by atoms with Gasteiger partial charge in [0, 0.05) is 30.2 Å². The molecule has 11 nitrogen and oxygen atoms in total. The van der Waals surface area contributed by atoms with Crippen LogP contribution in [0.4, 0.5) is 11.6 Å². The number of benzene rings is 2. The summed E-state index contributed by atoms with van der Waals surface area (Å²) < 4.78 is 8.81. The molecule has 4 aromatic heterocycles. The molecule has 0 bridgehead atoms. The summed E-state index contributed by atoms with van der Waals surface area (Å²) in [6.07, 6.45) is 5.03. The van der Waals surface area contributed by atoms with E-state index < -0.39 is 0 Å². The number of para-hydroxylation sites is 1. The molecule has 0 saturated heterocycles. The maximum absolute atomic E-state index is 14.3. The predicted octanol–water partition coefficient (Wildman–Crippen LogP) is 4.29. The Morgan fingerprint density at radius 3 is 2.62 bits per heavy atom. The van der Waals surface area contributed by atoms with E-state index in [9.17, 15) is 4.79 Å². The molecule has 0 saturated carbocycles. The SMILES string of the molecule is Cc1noc(-c2c(N)ncnc2NC(C)c2cc3cccc(-c4cnn(C)c4)c3c(=O)n2-c2ccccc2)n1. The van der Waals surface area contributed by atoms with Crippen molar-refractivity contribution in [2.75, 3.05) is 11.1 Å². The Labute approximate surface area is 223 Å². The zero-order valence-electron chi connectivity index (χ0n) is 21.5. The first-order chi connectivity index (χ1) is 18.9. The van der Waals surface area contributed by atoms with Gasteiger partial charge in [-0.3, -0.25) is 14.0 Å². The fourth-order valence-corrected chi connectivity index (χ4v) is 4.74. The van der Waals surface area contributed by atoms with Gasteiger partial charge >= 0.3 is 0 Å². The number of nitrogens with zero attached hydrogens (tertiary/aromatic N) is 7. The summed E-state index contributed by atoms with van der Waals surface area (Å²) in [7, 11) is 1.85. The quantitative estimate of drug-likeness (QED) is 0.329. The van der Waals surface area contributed by atoms with E-state index in [1.807, 2.05) is 74.8 Å². The zero-order chi connectivity index (χ0) is 27.1. The number of aryl methyl sites for hydroxylation is 2. The van der Waals surface area contributed by atoms with Crippen molar-refractivity contribution in [3.8, 4) is 28.3 Å². The maximum Gasteiger partial charge on any atom is 0.265 e. The molecule has 2 aromatic carbocycles. The molecule has 11 heteroatoms. The van der Waals surface area contributed by atoms with Gasteiger partial charge in [0.25, 0.3) is 11.4 Å². The zero-order valence-corrected chi connectivity index (χ0v) is 21.5. The number of nitrogens with two attached hydrogens (primary N) is 1. The number of rotatable bonds is 6. The minimum Gasteiger partial charge on any atom is -0.383 e. The van der Waals surface area contributed by atoms with E-state index in [4.69, 9.17) is 10.3 Å². The molecule has 1 unspecified atom stereocenters. The van der Waals surface area contributed by atoms with Crippen molar-refractivity contribution in [2.24, 2.45) is 7.05 Å². The van der Waals surface area contributed by atoms with Gasteiger partial charge in [-0.15, -0.1) is 0 Å². The number of nitrogens with one attached hydrogen (secondary N) is 1. The molecule has 0 aliphatic carbocycles. The van der Waals surface area contributed by atoms with E-state index in [0.29, 0.717) is 22.6 Å². The van der Waals surface area contributed by atoms with Gasteiger partial charge in [-0.05, 0) is 43.0 Å². The maximum atomic E-state index is 14.3. The molecule has 39 heavy (non-hydrogen) atoms. The molecular weight excluding hydrogens is 494 g/mol. The van der Waals surface area contributed by atoms with Crippen molar-refractivity contribution in [1.29, 1.82) is 0 Å². The Morgan fingerprint density at radius 1 is 1.08 bits per heavy atom. The largest absolute Gasteiger partial charge is 0.383 e. The first-order valence-corrected chi connectivity index (χ1v) is 12.3. The molecule has 6 aromatic rings. The van der Waals surface area contributed by atoms with Crippen LogP contribution in [0.3, 0.4) is 0 Å². The lowest BCUT2D eigenvalue weighted by Crippen LogP contribution is -2.26. The summed E-state index contributed by atoms with van der Waals surface area (Å²) in [5.74, 6) is 1.28. The number of pyridine rings is 1. The average molecular weight is 520 g/mol. The summed E-state index contributed by atoms with van der Waals surface area (Å²) in [5, 5.41) is 13.0. The smallest absolute Gasteiger partial charge is 0.265 e. The summed E-state index contributed by atoms with van der Waals surface area (Å²) in [6.45, 7) is 3.67. The van der Waals surface area contributed by atoms with Crippen molar-refractivity contribution in [1.82, 2.24) is 34.5 Å². The van der Waals surface area contributed by atoms with Crippen LogP contribution in [0.5, 0.6) is 0 Å². The van der Waals surface area contributed by atoms with Crippen molar-refractivity contribution >= 4 is 22.4 Å². The number of hydrogen-bond acceptors (Lipinski definition) is 9. The monoisotopic (exact) mass is 519 g/mol. The third-order valence-corrected chi connectivity index (χ3v) is 6.52. The van der Waals surface area contributed by atoms with E-state index in [-0.39, 0.29) is 23.3 Å². The van der Waals surface area contributed by atoms with Gasteiger partial charge < -0.3 is 15.6 Å². The molecule has 0 amide bonds. The standard InChI is InChI=1S/C28H25N9O2/c1-16(33-26-24(25(29)30-15-31-26)27-34-17(2)35-39-27)22-12-18-8-7-11-21(19-13-32-36(3)14-19)23(18)28(38)37(22)20-9-5-4-6-10-20/h4-16H,1-3H3,(H3,29,30,31,33). The molecule has 194 valence electrons. The average Bonchev–Trinajstić information content (AvgIpc) is 3.56. The second kappa shape index (κ2) is 9.53. The van der Waals surface area contributed by atoms with Crippen LogP contribution >= 0.6 is 0 Å². The summed E-state index contributed by atoms with van der Waals surface area (Å²) >= 11 is 0. The molecular formula is C28H25N9O2. The Kier molecular flexibility index (Phi) is 5.87. The predicted molar refractivity (Wildman–Crippen MR) is 148 cm³/mol. The molecule has 0 aliphatic rings. The van der Waals surface area contributed by atoms with E-state index >= 15 is 0 Å². The molecule has 4 heterocycles. The van der Waals surface area contributed by atoms with Crippen LogP contribution in [0.25, 0.3) is 39.0 Å². The minimum absolute atomic E-state index is 0.142. The number of hydrogen-bond donors (Lipinski definition) is 2. The van der Waals surface area contributed by atoms with Crippen LogP contribution < -0.4 is 16.6 Å².